The summed E-state index contributed by atoms with van der Waals surface area (Å²) in [7, 11) is 1.72. The number of carbonyl (C=O) groups excluding carboxylic acids is 1. The van der Waals surface area contributed by atoms with Crippen molar-refractivity contribution in [2.75, 3.05) is 13.7 Å². The quantitative estimate of drug-likeness (QED) is 0.325. The smallest absolute Gasteiger partial charge is 0.330 e. The molecule has 0 N–H and O–H groups in total. The highest BCUT2D eigenvalue weighted by atomic mass is 16.5. The Kier molecular flexibility index (Phi) is 9.35. The van der Waals surface area contributed by atoms with Crippen LogP contribution in [0.2, 0.25) is 0 Å². The largest absolute Gasteiger partial charge is 0.496 e. The minimum atomic E-state index is -0.308. The van der Waals surface area contributed by atoms with Gasteiger partial charge in [-0.15, -0.1) is 0 Å². The second-order valence-corrected chi connectivity index (χ2v) is 6.51. The SMILES string of the molecule is CCOC(=O)/C=C(C)/C=C/C=C(C)/C=C/c1c(C)cc(OC)c(CC)c1C. The Morgan fingerprint density at radius 3 is 2.41 bits per heavy atom. The van der Waals surface area contributed by atoms with E-state index in [1.807, 2.05) is 25.2 Å². The lowest BCUT2D eigenvalue weighted by molar-refractivity contribution is -0.137. The number of ether oxygens (including phenoxy) is 2. The van der Waals surface area contributed by atoms with Gasteiger partial charge in [-0.25, -0.2) is 4.79 Å². The Labute approximate surface area is 164 Å². The molecule has 0 bridgehead atoms. The summed E-state index contributed by atoms with van der Waals surface area (Å²) in [5.74, 6) is 0.654. The van der Waals surface area contributed by atoms with Crippen LogP contribution in [0.25, 0.3) is 6.08 Å². The molecule has 0 saturated heterocycles. The lowest BCUT2D eigenvalue weighted by Gasteiger charge is -2.15. The monoisotopic (exact) mass is 368 g/mol. The van der Waals surface area contributed by atoms with Gasteiger partial charge in [0.15, 0.2) is 0 Å². The molecule has 1 rings (SSSR count). The van der Waals surface area contributed by atoms with Crippen LogP contribution in [0.4, 0.5) is 0 Å². The number of hydrogen-bond acceptors (Lipinski definition) is 3. The fourth-order valence-corrected chi connectivity index (χ4v) is 2.92. The van der Waals surface area contributed by atoms with Crippen LogP contribution in [0.15, 0.2) is 47.6 Å². The van der Waals surface area contributed by atoms with Crippen LogP contribution in [0.3, 0.4) is 0 Å². The van der Waals surface area contributed by atoms with Gasteiger partial charge >= 0.3 is 5.97 Å². The lowest BCUT2D eigenvalue weighted by atomic mass is 9.94. The molecular weight excluding hydrogens is 336 g/mol. The molecule has 0 fully saturated rings. The molecule has 0 aliphatic carbocycles. The van der Waals surface area contributed by atoms with Crippen molar-refractivity contribution in [1.82, 2.24) is 0 Å². The zero-order chi connectivity index (χ0) is 20.4. The first-order valence-corrected chi connectivity index (χ1v) is 9.39. The Balaban J connectivity index is 2.95. The maximum atomic E-state index is 11.4. The summed E-state index contributed by atoms with van der Waals surface area (Å²) in [6, 6.07) is 2.11. The van der Waals surface area contributed by atoms with E-state index < -0.39 is 0 Å². The van der Waals surface area contributed by atoms with E-state index in [-0.39, 0.29) is 5.97 Å². The van der Waals surface area contributed by atoms with Crippen LogP contribution in [0, 0.1) is 13.8 Å². The Hall–Kier alpha value is -2.55. The molecule has 3 nitrogen and oxygen atoms in total. The zero-order valence-electron chi connectivity index (χ0n) is 17.7. The molecule has 0 aromatic heterocycles. The molecule has 0 saturated carbocycles. The van der Waals surface area contributed by atoms with E-state index in [1.165, 1.54) is 28.3 Å². The average Bonchev–Trinajstić information content (AvgIpc) is 2.61. The first kappa shape index (κ1) is 22.5. The van der Waals surface area contributed by atoms with Crippen molar-refractivity contribution in [3.63, 3.8) is 0 Å². The first-order chi connectivity index (χ1) is 12.8. The highest BCUT2D eigenvalue weighted by Gasteiger charge is 2.10. The summed E-state index contributed by atoms with van der Waals surface area (Å²) in [5.41, 5.74) is 6.95. The molecule has 0 spiro atoms. The van der Waals surface area contributed by atoms with Gasteiger partial charge in [-0.2, -0.15) is 0 Å². The minimum absolute atomic E-state index is 0.308. The predicted octanol–water partition coefficient (Wildman–Crippen LogP) is 5.90. The first-order valence-electron chi connectivity index (χ1n) is 9.39. The summed E-state index contributed by atoms with van der Waals surface area (Å²) in [6.45, 7) is 12.5. The van der Waals surface area contributed by atoms with Crippen LogP contribution < -0.4 is 4.74 Å². The third-order valence-electron chi connectivity index (χ3n) is 4.36. The number of carbonyl (C=O) groups is 1. The van der Waals surface area contributed by atoms with Crippen LogP contribution in [0.5, 0.6) is 5.75 Å². The number of methoxy groups -OCH3 is 1. The number of aryl methyl sites for hydroxylation is 1. The standard InChI is InChI=1S/C24H32O3/c1-8-21-20(6)22(19(5)16-23(21)26-7)14-13-17(3)11-10-12-18(4)15-24(25)27-9-2/h10-16H,8-9H2,1-7H3/b12-10+,14-13+,17-11+,18-15+. The lowest BCUT2D eigenvalue weighted by Crippen LogP contribution is -1.99. The topological polar surface area (TPSA) is 35.5 Å². The van der Waals surface area contributed by atoms with Gasteiger partial charge in [-0.05, 0) is 74.9 Å². The number of esters is 1. The van der Waals surface area contributed by atoms with E-state index in [4.69, 9.17) is 9.47 Å². The van der Waals surface area contributed by atoms with Crippen molar-refractivity contribution < 1.29 is 14.3 Å². The molecule has 1 aromatic rings. The Morgan fingerprint density at radius 1 is 1.11 bits per heavy atom. The van der Waals surface area contributed by atoms with Crippen molar-refractivity contribution in [2.45, 2.75) is 48.0 Å². The molecular formula is C24H32O3. The van der Waals surface area contributed by atoms with Crippen LogP contribution >= 0.6 is 0 Å². The minimum Gasteiger partial charge on any atom is -0.496 e. The third-order valence-corrected chi connectivity index (χ3v) is 4.36. The molecule has 0 radical (unpaired) electrons. The summed E-state index contributed by atoms with van der Waals surface area (Å²) < 4.78 is 10.4. The van der Waals surface area contributed by atoms with Crippen molar-refractivity contribution in [3.05, 3.63) is 69.8 Å². The molecule has 0 heterocycles. The molecule has 0 unspecified atom stereocenters. The van der Waals surface area contributed by atoms with Crippen LogP contribution in [-0.4, -0.2) is 19.7 Å². The van der Waals surface area contributed by atoms with Gasteiger partial charge in [0.05, 0.1) is 13.7 Å². The van der Waals surface area contributed by atoms with Crippen molar-refractivity contribution in [3.8, 4) is 5.75 Å². The van der Waals surface area contributed by atoms with Gasteiger partial charge in [0.25, 0.3) is 0 Å². The van der Waals surface area contributed by atoms with Gasteiger partial charge in [0, 0.05) is 6.08 Å². The molecule has 27 heavy (non-hydrogen) atoms. The number of allylic oxidation sites excluding steroid dienone is 6. The molecule has 0 atom stereocenters. The maximum absolute atomic E-state index is 11.4. The van der Waals surface area contributed by atoms with E-state index in [9.17, 15) is 4.79 Å². The van der Waals surface area contributed by atoms with E-state index in [0.29, 0.717) is 6.61 Å². The molecule has 146 valence electrons. The second-order valence-electron chi connectivity index (χ2n) is 6.51. The summed E-state index contributed by atoms with van der Waals surface area (Å²) in [6.07, 6.45) is 12.6. The fourth-order valence-electron chi connectivity index (χ4n) is 2.92. The van der Waals surface area contributed by atoms with E-state index >= 15 is 0 Å². The van der Waals surface area contributed by atoms with Gasteiger partial charge in [-0.1, -0.05) is 42.9 Å². The normalized spacial score (nSPS) is 12.9. The van der Waals surface area contributed by atoms with Crippen molar-refractivity contribution in [1.29, 1.82) is 0 Å². The summed E-state index contributed by atoms with van der Waals surface area (Å²) >= 11 is 0. The second kappa shape index (κ2) is 11.2. The Morgan fingerprint density at radius 2 is 1.81 bits per heavy atom. The number of benzene rings is 1. The molecule has 0 aliphatic rings. The van der Waals surface area contributed by atoms with E-state index in [1.54, 1.807) is 14.0 Å². The summed E-state index contributed by atoms with van der Waals surface area (Å²) in [5, 5.41) is 0. The molecule has 3 heteroatoms. The van der Waals surface area contributed by atoms with Crippen molar-refractivity contribution >= 4 is 12.0 Å². The Bertz CT molecular complexity index is 777. The maximum Gasteiger partial charge on any atom is 0.330 e. The number of hydrogen-bond donors (Lipinski definition) is 0. The summed E-state index contributed by atoms with van der Waals surface area (Å²) in [4.78, 5) is 11.4. The van der Waals surface area contributed by atoms with Crippen LogP contribution in [0.1, 0.15) is 49.9 Å². The number of rotatable bonds is 8. The van der Waals surface area contributed by atoms with Crippen LogP contribution in [-0.2, 0) is 16.0 Å². The third kappa shape index (κ3) is 6.93. The highest BCUT2D eigenvalue weighted by Crippen LogP contribution is 2.29. The van der Waals surface area contributed by atoms with E-state index in [0.717, 1.165) is 23.3 Å². The molecule has 1 aromatic carbocycles. The molecule has 0 amide bonds. The molecule has 0 aliphatic heterocycles. The fraction of sp³-hybridized carbons (Fsp3) is 0.375. The van der Waals surface area contributed by atoms with Crippen molar-refractivity contribution in [2.24, 2.45) is 0 Å². The predicted molar refractivity (Wildman–Crippen MR) is 114 cm³/mol. The zero-order valence-corrected chi connectivity index (χ0v) is 17.7. The average molecular weight is 369 g/mol. The van der Waals surface area contributed by atoms with E-state index in [2.05, 4.69) is 45.9 Å². The van der Waals surface area contributed by atoms with Gasteiger partial charge < -0.3 is 9.47 Å². The van der Waals surface area contributed by atoms with Gasteiger partial charge in [0.2, 0.25) is 0 Å². The highest BCUT2D eigenvalue weighted by molar-refractivity contribution is 5.83. The van der Waals surface area contributed by atoms with Gasteiger partial charge in [-0.3, -0.25) is 0 Å². The van der Waals surface area contributed by atoms with Gasteiger partial charge in [0.1, 0.15) is 5.75 Å².